The molecule has 2 amide bonds. The number of ether oxygens (including phenoxy) is 1. The first kappa shape index (κ1) is 24.5. The number of nitrogens with zero attached hydrogens (tertiary/aromatic N) is 3. The molecule has 0 unspecified atom stereocenters. The lowest BCUT2D eigenvalue weighted by atomic mass is 10.0. The smallest absolute Gasteiger partial charge is 0.252 e. The van der Waals surface area contributed by atoms with Crippen molar-refractivity contribution in [3.05, 3.63) is 94.6 Å². The van der Waals surface area contributed by atoms with Crippen LogP contribution in [0, 0.1) is 0 Å². The summed E-state index contributed by atoms with van der Waals surface area (Å²) in [7, 11) is 1.68. The quantitative estimate of drug-likeness (QED) is 0.489. The second-order valence-corrected chi connectivity index (χ2v) is 9.01. The fraction of sp³-hybridized carbons (Fsp3) is 0.357. The molecule has 1 aromatic heterocycles. The van der Waals surface area contributed by atoms with Crippen LogP contribution in [0.3, 0.4) is 0 Å². The number of carbonyl (C=O) groups excluding carboxylic acids is 2. The number of benzene rings is 2. The number of nitrogens with two attached hydrogens (primary N) is 1. The van der Waals surface area contributed by atoms with Gasteiger partial charge in [-0.2, -0.15) is 0 Å². The summed E-state index contributed by atoms with van der Waals surface area (Å²) in [6.07, 6.45) is 5.77. The molecular weight excluding hydrogens is 440 g/mol. The zero-order valence-corrected chi connectivity index (χ0v) is 20.2. The number of rotatable bonds is 10. The van der Waals surface area contributed by atoms with Crippen LogP contribution in [0.2, 0.25) is 0 Å². The number of hydrogen-bond donors (Lipinski definition) is 1. The summed E-state index contributed by atoms with van der Waals surface area (Å²) in [6, 6.07) is 18.2. The molecule has 0 radical (unpaired) electrons. The van der Waals surface area contributed by atoms with Gasteiger partial charge in [0, 0.05) is 26.3 Å². The summed E-state index contributed by atoms with van der Waals surface area (Å²) < 4.78 is 5.28. The van der Waals surface area contributed by atoms with E-state index in [0.29, 0.717) is 43.0 Å². The van der Waals surface area contributed by atoms with E-state index in [1.165, 1.54) is 11.8 Å². The zero-order valence-electron chi connectivity index (χ0n) is 20.2. The second-order valence-electron chi connectivity index (χ2n) is 9.01. The van der Waals surface area contributed by atoms with Crippen LogP contribution in [0.25, 0.3) is 0 Å². The Balaban J connectivity index is 1.45. The molecule has 1 atom stereocenters. The zero-order chi connectivity index (χ0) is 24.6. The minimum absolute atomic E-state index is 0.131. The first-order valence-electron chi connectivity index (χ1n) is 12.1. The molecule has 1 saturated heterocycles. The summed E-state index contributed by atoms with van der Waals surface area (Å²) >= 11 is 0. The molecule has 4 rings (SSSR count). The van der Waals surface area contributed by atoms with Crippen LogP contribution in [-0.2, 0) is 35.2 Å². The Morgan fingerprint density at radius 2 is 1.83 bits per heavy atom. The van der Waals surface area contributed by atoms with Gasteiger partial charge in [-0.05, 0) is 42.4 Å². The van der Waals surface area contributed by atoms with Crippen molar-refractivity contribution in [2.24, 2.45) is 5.73 Å². The summed E-state index contributed by atoms with van der Waals surface area (Å²) in [6.45, 7) is 1.37. The SMILES string of the molecule is COC[C@H]1CCCN1C(=O)Cc1cccc(Cc2ncc(C(N)=O)c(CCc3ccccc3)n2)c1. The van der Waals surface area contributed by atoms with Crippen molar-refractivity contribution in [2.45, 2.75) is 44.6 Å². The van der Waals surface area contributed by atoms with E-state index in [1.54, 1.807) is 7.11 Å². The van der Waals surface area contributed by atoms with Crippen molar-refractivity contribution in [1.82, 2.24) is 14.9 Å². The Labute approximate surface area is 206 Å². The molecule has 1 aliphatic heterocycles. The second kappa shape index (κ2) is 11.7. The predicted molar refractivity (Wildman–Crippen MR) is 134 cm³/mol. The molecule has 182 valence electrons. The van der Waals surface area contributed by atoms with Crippen molar-refractivity contribution in [3.63, 3.8) is 0 Å². The van der Waals surface area contributed by atoms with Gasteiger partial charge in [0.1, 0.15) is 5.82 Å². The molecule has 2 N–H and O–H groups in total. The number of amides is 2. The van der Waals surface area contributed by atoms with Gasteiger partial charge in [0.15, 0.2) is 0 Å². The van der Waals surface area contributed by atoms with E-state index < -0.39 is 5.91 Å². The highest BCUT2D eigenvalue weighted by atomic mass is 16.5. The summed E-state index contributed by atoms with van der Waals surface area (Å²) in [5.41, 5.74) is 9.75. The minimum atomic E-state index is -0.520. The first-order valence-corrected chi connectivity index (χ1v) is 12.1. The van der Waals surface area contributed by atoms with Crippen molar-refractivity contribution >= 4 is 11.8 Å². The maximum Gasteiger partial charge on any atom is 0.252 e. The van der Waals surface area contributed by atoms with Crippen LogP contribution in [0.1, 0.15) is 51.4 Å². The van der Waals surface area contributed by atoms with Gasteiger partial charge in [0.05, 0.1) is 30.3 Å². The Morgan fingerprint density at radius 1 is 1.06 bits per heavy atom. The minimum Gasteiger partial charge on any atom is -0.383 e. The van der Waals surface area contributed by atoms with E-state index >= 15 is 0 Å². The number of carbonyl (C=O) groups is 2. The van der Waals surface area contributed by atoms with Crippen LogP contribution >= 0.6 is 0 Å². The molecule has 0 spiro atoms. The lowest BCUT2D eigenvalue weighted by Gasteiger charge is -2.24. The van der Waals surface area contributed by atoms with E-state index in [2.05, 4.69) is 22.1 Å². The Kier molecular flexibility index (Phi) is 8.21. The Hall–Kier alpha value is -3.58. The summed E-state index contributed by atoms with van der Waals surface area (Å²) in [4.78, 5) is 35.9. The lowest BCUT2D eigenvalue weighted by Crippen LogP contribution is -2.39. The third-order valence-corrected chi connectivity index (χ3v) is 6.44. The predicted octanol–water partition coefficient (Wildman–Crippen LogP) is 3.13. The number of methoxy groups -OCH3 is 1. The average Bonchev–Trinajstić information content (AvgIpc) is 3.32. The first-order chi connectivity index (χ1) is 17.0. The van der Waals surface area contributed by atoms with Crippen LogP contribution in [-0.4, -0.2) is 53.0 Å². The van der Waals surface area contributed by atoms with E-state index in [0.717, 1.165) is 36.9 Å². The van der Waals surface area contributed by atoms with Gasteiger partial charge in [0.2, 0.25) is 5.91 Å². The van der Waals surface area contributed by atoms with Crippen LogP contribution in [0.4, 0.5) is 0 Å². The van der Waals surface area contributed by atoms with E-state index in [4.69, 9.17) is 10.5 Å². The normalized spacial score (nSPS) is 15.3. The van der Waals surface area contributed by atoms with Crippen molar-refractivity contribution in [3.8, 4) is 0 Å². The number of hydrogen-bond acceptors (Lipinski definition) is 5. The Bertz CT molecular complexity index is 1170. The topological polar surface area (TPSA) is 98.4 Å². The molecule has 7 nitrogen and oxygen atoms in total. The summed E-state index contributed by atoms with van der Waals surface area (Å²) in [5, 5.41) is 0. The van der Waals surface area contributed by atoms with Gasteiger partial charge >= 0.3 is 0 Å². The lowest BCUT2D eigenvalue weighted by molar-refractivity contribution is -0.132. The molecule has 0 saturated carbocycles. The molecular formula is C28H32N4O3. The third kappa shape index (κ3) is 6.51. The monoisotopic (exact) mass is 472 g/mol. The molecule has 1 aliphatic rings. The number of likely N-dealkylation sites (tertiary alicyclic amines) is 1. The molecule has 7 heteroatoms. The summed E-state index contributed by atoms with van der Waals surface area (Å²) in [5.74, 6) is 0.238. The highest BCUT2D eigenvalue weighted by Gasteiger charge is 2.28. The van der Waals surface area contributed by atoms with Gasteiger partial charge in [-0.3, -0.25) is 9.59 Å². The van der Waals surface area contributed by atoms with Crippen molar-refractivity contribution in [1.29, 1.82) is 0 Å². The van der Waals surface area contributed by atoms with E-state index in [1.807, 2.05) is 47.4 Å². The van der Waals surface area contributed by atoms with Gasteiger partial charge < -0.3 is 15.4 Å². The maximum atomic E-state index is 12.9. The fourth-order valence-corrected chi connectivity index (χ4v) is 4.69. The van der Waals surface area contributed by atoms with Gasteiger partial charge in [-0.25, -0.2) is 9.97 Å². The molecule has 0 aliphatic carbocycles. The van der Waals surface area contributed by atoms with Crippen LogP contribution < -0.4 is 5.73 Å². The largest absolute Gasteiger partial charge is 0.383 e. The van der Waals surface area contributed by atoms with E-state index in [-0.39, 0.29) is 11.9 Å². The van der Waals surface area contributed by atoms with E-state index in [9.17, 15) is 9.59 Å². The average molecular weight is 473 g/mol. The van der Waals surface area contributed by atoms with Crippen LogP contribution in [0.5, 0.6) is 0 Å². The van der Waals surface area contributed by atoms with Crippen LogP contribution in [0.15, 0.2) is 60.8 Å². The standard InChI is InChI=1S/C28H32N4O3/c1-35-19-23-11-6-14-32(23)27(33)17-22-10-5-9-21(15-22)16-26-30-18-24(28(29)34)25(31-26)13-12-20-7-3-2-4-8-20/h2-5,7-10,15,18,23H,6,11-14,16-17,19H2,1H3,(H2,29,34)/t23-/m1/s1. The van der Waals surface area contributed by atoms with Crippen molar-refractivity contribution in [2.75, 3.05) is 20.3 Å². The molecule has 2 heterocycles. The molecule has 2 aromatic carbocycles. The Morgan fingerprint density at radius 3 is 2.60 bits per heavy atom. The highest BCUT2D eigenvalue weighted by molar-refractivity contribution is 5.93. The molecule has 0 bridgehead atoms. The van der Waals surface area contributed by atoms with Crippen molar-refractivity contribution < 1.29 is 14.3 Å². The number of primary amides is 1. The maximum absolute atomic E-state index is 12.9. The molecule has 3 aromatic rings. The molecule has 35 heavy (non-hydrogen) atoms. The van der Waals surface area contributed by atoms with Gasteiger partial charge in [-0.1, -0.05) is 54.6 Å². The number of aryl methyl sites for hydroxylation is 2. The number of aromatic nitrogens is 2. The fourth-order valence-electron chi connectivity index (χ4n) is 4.69. The van der Waals surface area contributed by atoms with Gasteiger partial charge in [-0.15, -0.1) is 0 Å². The third-order valence-electron chi connectivity index (χ3n) is 6.44. The van der Waals surface area contributed by atoms with Gasteiger partial charge in [0.25, 0.3) is 5.91 Å². The molecule has 1 fully saturated rings. The highest BCUT2D eigenvalue weighted by Crippen LogP contribution is 2.20.